The lowest BCUT2D eigenvalue weighted by Crippen LogP contribution is -2.29. The number of anilines is 2. The number of benzene rings is 3. The van der Waals surface area contributed by atoms with Crippen LogP contribution >= 0.6 is 11.9 Å². The molecule has 1 aromatic heterocycles. The number of hydrogen-bond acceptors (Lipinski definition) is 5. The maximum atomic E-state index is 13.8. The molecule has 0 fully saturated rings. The Labute approximate surface area is 192 Å². The van der Waals surface area contributed by atoms with Crippen molar-refractivity contribution in [3.8, 4) is 5.69 Å². The maximum Gasteiger partial charge on any atom is 0.210 e. The summed E-state index contributed by atoms with van der Waals surface area (Å²) in [7, 11) is 0. The van der Waals surface area contributed by atoms with Crippen molar-refractivity contribution in [2.24, 2.45) is 0 Å². The van der Waals surface area contributed by atoms with Gasteiger partial charge in [0.1, 0.15) is 10.9 Å². The van der Waals surface area contributed by atoms with Crippen LogP contribution in [0.2, 0.25) is 0 Å². The van der Waals surface area contributed by atoms with Gasteiger partial charge in [-0.3, -0.25) is 13.7 Å². The van der Waals surface area contributed by atoms with Crippen LogP contribution in [0.25, 0.3) is 5.69 Å². The number of carbonyl (C=O) groups is 1. The number of fused-ring (bicyclic) bond motifs is 1. The predicted molar refractivity (Wildman–Crippen MR) is 131 cm³/mol. The molecule has 5 nitrogen and oxygen atoms in total. The predicted octanol–water partition coefficient (Wildman–Crippen LogP) is 5.90. The molecule has 0 spiro atoms. The zero-order valence-electron chi connectivity index (χ0n) is 17.8. The molecule has 32 heavy (non-hydrogen) atoms. The zero-order valence-corrected chi connectivity index (χ0v) is 18.6. The summed E-state index contributed by atoms with van der Waals surface area (Å²) < 4.78 is 4.10. The van der Waals surface area contributed by atoms with Crippen LogP contribution in [0, 0.1) is 0 Å². The summed E-state index contributed by atoms with van der Waals surface area (Å²) in [5.41, 5.74) is 3.70. The molecule has 160 valence electrons. The average molecular weight is 441 g/mol. The Morgan fingerprint density at radius 3 is 2.19 bits per heavy atom. The summed E-state index contributed by atoms with van der Waals surface area (Å²) in [5.74, 6) is 1.46. The number of ketones is 1. The Hall–Kier alpha value is -3.51. The van der Waals surface area contributed by atoms with Gasteiger partial charge in [-0.15, -0.1) is 0 Å². The molecular weight excluding hydrogens is 416 g/mol. The van der Waals surface area contributed by atoms with E-state index in [0.29, 0.717) is 24.0 Å². The highest BCUT2D eigenvalue weighted by Crippen LogP contribution is 2.46. The summed E-state index contributed by atoms with van der Waals surface area (Å²) in [6.45, 7) is 3.46. The van der Waals surface area contributed by atoms with E-state index in [1.165, 1.54) is 0 Å². The summed E-state index contributed by atoms with van der Waals surface area (Å²) in [6, 6.07) is 30.2. The number of imidazole rings is 1. The van der Waals surface area contributed by atoms with Gasteiger partial charge in [0.25, 0.3) is 0 Å². The van der Waals surface area contributed by atoms with Gasteiger partial charge in [-0.1, -0.05) is 78.9 Å². The molecule has 1 aliphatic heterocycles. The lowest BCUT2D eigenvalue weighted by atomic mass is 10.1. The third kappa shape index (κ3) is 3.78. The van der Waals surface area contributed by atoms with E-state index in [9.17, 15) is 4.79 Å². The molecule has 6 heteroatoms. The minimum atomic E-state index is -0.301. The second-order valence-electron chi connectivity index (χ2n) is 7.57. The molecule has 0 amide bonds. The molecular formula is C26H24N4OS. The number of nitrogens with one attached hydrogen (secondary N) is 1. The van der Waals surface area contributed by atoms with Crippen molar-refractivity contribution in [3.05, 3.63) is 108 Å². The molecule has 0 saturated carbocycles. The first-order valence-electron chi connectivity index (χ1n) is 10.8. The van der Waals surface area contributed by atoms with E-state index in [4.69, 9.17) is 4.98 Å². The molecule has 1 atom stereocenters. The van der Waals surface area contributed by atoms with E-state index < -0.39 is 0 Å². The van der Waals surface area contributed by atoms with E-state index in [1.807, 2.05) is 83.4 Å². The van der Waals surface area contributed by atoms with Gasteiger partial charge in [-0.2, -0.15) is 4.98 Å². The van der Waals surface area contributed by atoms with Crippen LogP contribution in [0.1, 0.15) is 33.8 Å². The molecule has 0 aliphatic carbocycles. The second-order valence-corrected chi connectivity index (χ2v) is 8.70. The number of nitrogens with zero attached hydrogens (tertiary/aromatic N) is 3. The molecule has 3 aromatic carbocycles. The molecule has 0 radical (unpaired) electrons. The average Bonchev–Trinajstić information content (AvgIpc) is 3.25. The molecule has 4 aromatic rings. The largest absolute Gasteiger partial charge is 0.351 e. The van der Waals surface area contributed by atoms with E-state index in [1.54, 1.807) is 11.9 Å². The lowest BCUT2D eigenvalue weighted by Gasteiger charge is -2.30. The molecule has 5 rings (SSSR count). The quantitative estimate of drug-likeness (QED) is 0.379. The Balaban J connectivity index is 1.62. The smallest absolute Gasteiger partial charge is 0.210 e. The fourth-order valence-corrected chi connectivity index (χ4v) is 5.06. The van der Waals surface area contributed by atoms with Gasteiger partial charge < -0.3 is 5.32 Å². The van der Waals surface area contributed by atoms with Gasteiger partial charge in [0.2, 0.25) is 11.7 Å². The fourth-order valence-electron chi connectivity index (χ4n) is 3.94. The highest BCUT2D eigenvalue weighted by Gasteiger charge is 2.39. The second kappa shape index (κ2) is 8.93. The van der Waals surface area contributed by atoms with Crippen molar-refractivity contribution in [1.82, 2.24) is 9.55 Å². The van der Waals surface area contributed by atoms with Crippen LogP contribution in [-0.2, 0) is 6.54 Å². The summed E-state index contributed by atoms with van der Waals surface area (Å²) in [5, 5.41) is 3.17. The number of carbonyl (C=O) groups excluding carboxylic acids is 1. The Kier molecular flexibility index (Phi) is 5.69. The molecule has 1 unspecified atom stereocenters. The van der Waals surface area contributed by atoms with Crippen LogP contribution in [0.15, 0.2) is 91.0 Å². The van der Waals surface area contributed by atoms with Crippen LogP contribution in [0.4, 0.5) is 11.8 Å². The van der Waals surface area contributed by atoms with Gasteiger partial charge in [-0.05, 0) is 42.1 Å². The minimum absolute atomic E-state index is 0.0741. The summed E-state index contributed by atoms with van der Waals surface area (Å²) >= 11 is 1.55. The lowest BCUT2D eigenvalue weighted by molar-refractivity contribution is 0.0982. The van der Waals surface area contributed by atoms with Gasteiger partial charge in [-0.25, -0.2) is 0 Å². The maximum absolute atomic E-state index is 13.8. The third-order valence-corrected chi connectivity index (χ3v) is 6.88. The minimum Gasteiger partial charge on any atom is -0.351 e. The van der Waals surface area contributed by atoms with Crippen molar-refractivity contribution in [2.75, 3.05) is 16.2 Å². The van der Waals surface area contributed by atoms with Crippen molar-refractivity contribution in [1.29, 1.82) is 0 Å². The highest BCUT2D eigenvalue weighted by atomic mass is 32.2. The summed E-state index contributed by atoms with van der Waals surface area (Å²) in [6.07, 6.45) is 0. The van der Waals surface area contributed by atoms with E-state index in [0.717, 1.165) is 23.4 Å². The first-order chi connectivity index (χ1) is 15.8. The molecule has 0 bridgehead atoms. The van der Waals surface area contributed by atoms with Crippen LogP contribution in [0.3, 0.4) is 0 Å². The fraction of sp³-hybridized carbons (Fsp3) is 0.154. The number of para-hydroxylation sites is 1. The first-order valence-corrected chi connectivity index (χ1v) is 11.6. The Morgan fingerprint density at radius 1 is 0.906 bits per heavy atom. The van der Waals surface area contributed by atoms with Gasteiger partial charge in [0, 0.05) is 18.8 Å². The monoisotopic (exact) mass is 440 g/mol. The SMILES string of the molecule is CCN1SC(c2ccccc2)C(=O)c2c1nc(NCc1ccccc1)n2-c1ccccc1. The van der Waals surface area contributed by atoms with Crippen LogP contribution < -0.4 is 9.62 Å². The standard InChI is InChI=1S/C26H24N4OS/c1-2-29-25-22(23(31)24(32-29)20-14-8-4-9-15-20)30(21-16-10-5-11-17-21)26(28-25)27-18-19-12-6-3-7-13-19/h3-17,24H,2,18H2,1H3,(H,27,28). The third-order valence-electron chi connectivity index (χ3n) is 5.50. The zero-order chi connectivity index (χ0) is 21.9. The number of aromatic nitrogens is 2. The number of Topliss-reactive ketones (excluding diaryl/α,β-unsaturated/α-hetero) is 1. The van der Waals surface area contributed by atoms with Crippen molar-refractivity contribution in [3.63, 3.8) is 0 Å². The van der Waals surface area contributed by atoms with Crippen molar-refractivity contribution in [2.45, 2.75) is 18.7 Å². The molecule has 1 N–H and O–H groups in total. The molecule has 0 saturated heterocycles. The highest BCUT2D eigenvalue weighted by molar-refractivity contribution is 8.01. The topological polar surface area (TPSA) is 50.2 Å². The Bertz CT molecular complexity index is 1210. The van der Waals surface area contributed by atoms with E-state index in [2.05, 4.69) is 28.7 Å². The van der Waals surface area contributed by atoms with E-state index >= 15 is 0 Å². The van der Waals surface area contributed by atoms with E-state index in [-0.39, 0.29) is 11.0 Å². The van der Waals surface area contributed by atoms with Crippen molar-refractivity contribution < 1.29 is 4.79 Å². The normalized spacial score (nSPS) is 15.5. The Morgan fingerprint density at radius 2 is 1.53 bits per heavy atom. The van der Waals surface area contributed by atoms with Crippen LogP contribution in [0.5, 0.6) is 0 Å². The van der Waals surface area contributed by atoms with Crippen LogP contribution in [-0.4, -0.2) is 21.9 Å². The van der Waals surface area contributed by atoms with Gasteiger partial charge in [0.15, 0.2) is 5.82 Å². The van der Waals surface area contributed by atoms with Crippen molar-refractivity contribution >= 4 is 29.5 Å². The van der Waals surface area contributed by atoms with Gasteiger partial charge >= 0.3 is 0 Å². The number of hydrogen-bond donors (Lipinski definition) is 1. The van der Waals surface area contributed by atoms with Gasteiger partial charge in [0.05, 0.1) is 0 Å². The summed E-state index contributed by atoms with van der Waals surface area (Å²) in [4.78, 5) is 18.7. The molecule has 1 aliphatic rings. The number of rotatable bonds is 6. The first kappa shape index (κ1) is 20.4. The molecule has 2 heterocycles.